The van der Waals surface area contributed by atoms with Gasteiger partial charge in [0.1, 0.15) is 0 Å². The molecule has 0 heterocycles. The Morgan fingerprint density at radius 1 is 0.600 bits per heavy atom. The molecule has 0 nitrogen and oxygen atoms in total. The Morgan fingerprint density at radius 2 is 0.600 bits per heavy atom. The molecular formula is H2BaI4. The topological polar surface area (TPSA) is 0 Å². The maximum absolute atomic E-state index is 0. The predicted molar refractivity (Wildman–Crippen MR) is 8.54 cm³/mol. The summed E-state index contributed by atoms with van der Waals surface area (Å²) in [5.41, 5.74) is 0. The van der Waals surface area contributed by atoms with E-state index in [0.29, 0.717) is 0 Å². The van der Waals surface area contributed by atoms with E-state index in [1.54, 1.807) is 0 Å². The summed E-state index contributed by atoms with van der Waals surface area (Å²) in [6, 6.07) is 0. The first-order chi connectivity index (χ1) is 0. The van der Waals surface area contributed by atoms with Gasteiger partial charge in [0.05, 0.1) is 0 Å². The molecule has 5 heavy (non-hydrogen) atoms. The maximum Gasteiger partial charge on any atom is 2.00 e. The van der Waals surface area contributed by atoms with Crippen molar-refractivity contribution in [2.45, 2.75) is 0 Å². The second-order valence-corrected chi connectivity index (χ2v) is 0. The normalized spacial score (nSPS) is 0. The van der Waals surface area contributed by atoms with Crippen molar-refractivity contribution in [3.05, 3.63) is 0 Å². The van der Waals surface area contributed by atoms with Crippen molar-refractivity contribution >= 4 is 48.9 Å². The molecule has 0 unspecified atom stereocenters. The molecule has 0 rings (SSSR count). The first-order valence-electron chi connectivity index (χ1n) is 0. The van der Waals surface area contributed by atoms with Crippen LogP contribution >= 0.6 is 0 Å². The van der Waals surface area contributed by atoms with Crippen LogP contribution < -0.4 is 95.9 Å². The molecule has 0 saturated carbocycles. The molecule has 0 N–H and O–H groups in total. The van der Waals surface area contributed by atoms with Gasteiger partial charge in [0.15, 0.2) is 0 Å². The van der Waals surface area contributed by atoms with Gasteiger partial charge in [0.2, 0.25) is 24.0 Å². The summed E-state index contributed by atoms with van der Waals surface area (Å²) in [7, 11) is 0. The van der Waals surface area contributed by atoms with Crippen molar-refractivity contribution in [1.29, 1.82) is 0 Å². The van der Waals surface area contributed by atoms with Crippen LogP contribution in [0.3, 0.4) is 0 Å². The molecule has 0 aliphatic carbocycles. The summed E-state index contributed by atoms with van der Waals surface area (Å²) in [6.07, 6.45) is 0. The van der Waals surface area contributed by atoms with E-state index in [1.807, 2.05) is 0 Å². The van der Waals surface area contributed by atoms with Crippen LogP contribution in [0.25, 0.3) is 0 Å². The summed E-state index contributed by atoms with van der Waals surface area (Å²) in [5.74, 6) is 0. The van der Waals surface area contributed by atoms with Crippen molar-refractivity contribution in [3.63, 3.8) is 0 Å². The van der Waals surface area contributed by atoms with Gasteiger partial charge >= 0.3 is 48.9 Å². The second-order valence-electron chi connectivity index (χ2n) is 0. The van der Waals surface area contributed by atoms with Gasteiger partial charge in [-0.2, -0.15) is 0 Å². The molecule has 0 aliphatic rings. The molecule has 0 aromatic rings. The summed E-state index contributed by atoms with van der Waals surface area (Å²) >= 11 is 0. The van der Waals surface area contributed by atoms with Crippen LogP contribution in [0.1, 0.15) is 0 Å². The van der Waals surface area contributed by atoms with E-state index in [4.69, 9.17) is 0 Å². The molecule has 0 saturated heterocycles. The van der Waals surface area contributed by atoms with Gasteiger partial charge in [-0.3, -0.25) is 0 Å². The number of halogens is 4. The average molecular weight is 647 g/mol. The molecule has 32 valence electrons. The molecule has 0 aromatic carbocycles. The summed E-state index contributed by atoms with van der Waals surface area (Å²) < 4.78 is 0. The van der Waals surface area contributed by atoms with Gasteiger partial charge in [-0.25, -0.2) is 0 Å². The van der Waals surface area contributed by atoms with Crippen LogP contribution in [0.15, 0.2) is 0 Å². The Labute approximate surface area is 141 Å². The van der Waals surface area contributed by atoms with Crippen molar-refractivity contribution in [2.24, 2.45) is 0 Å². The minimum Gasteiger partial charge on any atom is -1.00 e. The molecule has 5 heteroatoms. The van der Waals surface area contributed by atoms with E-state index in [0.717, 1.165) is 0 Å². The smallest absolute Gasteiger partial charge is 1.00 e. The Hall–Kier alpha value is 4.49. The molecule has 0 amide bonds. The molecule has 0 aliphatic heterocycles. The third-order valence-electron chi connectivity index (χ3n) is 0. The van der Waals surface area contributed by atoms with E-state index in [9.17, 15) is 0 Å². The quantitative estimate of drug-likeness (QED) is 0.181. The average Bonchev–Trinajstić information content (AvgIpc) is 0. The van der Waals surface area contributed by atoms with Crippen LogP contribution in [-0.4, -0.2) is 48.9 Å². The first kappa shape index (κ1) is 33.9. The van der Waals surface area contributed by atoms with Crippen LogP contribution in [0.2, 0.25) is 0 Å². The van der Waals surface area contributed by atoms with E-state index in [2.05, 4.69) is 0 Å². The summed E-state index contributed by atoms with van der Waals surface area (Å²) in [5, 5.41) is 0. The molecule has 0 bridgehead atoms. The van der Waals surface area contributed by atoms with E-state index in [1.165, 1.54) is 0 Å². The third kappa shape index (κ3) is 17.7. The van der Waals surface area contributed by atoms with Crippen LogP contribution in [-0.2, 0) is 0 Å². The van der Waals surface area contributed by atoms with Gasteiger partial charge in [0.25, 0.3) is 0 Å². The van der Waals surface area contributed by atoms with Crippen molar-refractivity contribution in [1.82, 2.24) is 0 Å². The van der Waals surface area contributed by atoms with Crippen molar-refractivity contribution in [2.75, 3.05) is 0 Å². The summed E-state index contributed by atoms with van der Waals surface area (Å²) in [6.45, 7) is 0. The van der Waals surface area contributed by atoms with Crippen LogP contribution in [0.5, 0.6) is 0 Å². The Bertz CT molecular complexity index is 3.61. The zero-order valence-corrected chi connectivity index (χ0v) is 15.8. The molecule has 0 radical (unpaired) electrons. The zero-order valence-electron chi connectivity index (χ0n) is 2.29. The van der Waals surface area contributed by atoms with Crippen molar-refractivity contribution in [3.8, 4) is 0 Å². The standard InChI is InChI=1S/Ba.H2I.3HI/h;1H2;3*1H/q+2;+1;;;/p-3. The third-order valence-corrected chi connectivity index (χ3v) is 0. The number of hydrogen-bond donors (Lipinski definition) is 0. The first-order valence-corrected chi connectivity index (χ1v) is 0. The fourth-order valence-corrected chi connectivity index (χ4v) is 0. The maximum atomic E-state index is 0. The molecule has 0 spiro atoms. The molecule has 0 fully saturated rings. The summed E-state index contributed by atoms with van der Waals surface area (Å²) in [4.78, 5) is 0. The zero-order chi connectivity index (χ0) is 0. The van der Waals surface area contributed by atoms with Crippen LogP contribution in [0, 0.1) is 0 Å². The van der Waals surface area contributed by atoms with Gasteiger partial charge < -0.3 is 71.9 Å². The minimum absolute atomic E-state index is 0. The van der Waals surface area contributed by atoms with Gasteiger partial charge in [-0.05, 0) is 0 Å². The van der Waals surface area contributed by atoms with Gasteiger partial charge in [-0.1, -0.05) is 0 Å². The molecule has 0 atom stereocenters. The largest absolute Gasteiger partial charge is 2.00 e. The van der Waals surface area contributed by atoms with Gasteiger partial charge in [0, 0.05) is 0 Å². The second kappa shape index (κ2) is 23.6. The Balaban J connectivity index is 0. The SMILES string of the molecule is [Ba+2].[I-].[I-].[I-].[IH2+]. The predicted octanol–water partition coefficient (Wildman–Crippen LogP) is -12.9. The van der Waals surface area contributed by atoms with Gasteiger partial charge in [-0.15, -0.1) is 0 Å². The Kier molecular flexibility index (Phi) is 160. The molecule has 0 aromatic heterocycles. The van der Waals surface area contributed by atoms with Crippen molar-refractivity contribution < 1.29 is 95.9 Å². The fourth-order valence-electron chi connectivity index (χ4n) is 0. The molecular weight excluding hydrogens is 645 g/mol. The van der Waals surface area contributed by atoms with E-state index in [-0.39, 0.29) is 145 Å². The number of rotatable bonds is 0. The van der Waals surface area contributed by atoms with Crippen LogP contribution in [0.4, 0.5) is 0 Å². The minimum atomic E-state index is 0. The fraction of sp³-hybridized carbons (Fsp3) is 0. The van der Waals surface area contributed by atoms with E-state index >= 15 is 0 Å². The Morgan fingerprint density at radius 3 is 0.600 bits per heavy atom. The monoisotopic (exact) mass is 648 g/mol. The van der Waals surface area contributed by atoms with E-state index < -0.39 is 0 Å². The number of hydrogen-bond acceptors (Lipinski definition) is 0.